The molecule has 0 saturated heterocycles. The summed E-state index contributed by atoms with van der Waals surface area (Å²) < 4.78 is 15.1. The number of nitrogens with one attached hydrogen (secondary N) is 1. The van der Waals surface area contributed by atoms with Crippen molar-refractivity contribution in [2.75, 3.05) is 13.2 Å². The third-order valence-electron chi connectivity index (χ3n) is 2.37. The summed E-state index contributed by atoms with van der Waals surface area (Å²) in [6.45, 7) is 9.32. The fraction of sp³-hybridized carbons (Fsp3) is 0.692. The fourth-order valence-corrected chi connectivity index (χ4v) is 1.64. The van der Waals surface area contributed by atoms with E-state index in [1.807, 2.05) is 27.7 Å². The molecule has 6 heteroatoms. The lowest BCUT2D eigenvalue weighted by Crippen LogP contribution is -2.31. The Morgan fingerprint density at radius 1 is 1.47 bits per heavy atom. The SMILES string of the molecule is CC.Cc1nn(CC(=O)NCCO)c(C(C)C)c1F. The Labute approximate surface area is 113 Å². The lowest BCUT2D eigenvalue weighted by atomic mass is 10.1. The number of nitrogens with zero attached hydrogens (tertiary/aromatic N) is 2. The molecule has 1 aromatic rings. The molecule has 0 atom stereocenters. The first-order chi connectivity index (χ1) is 8.97. The van der Waals surface area contributed by atoms with Crippen LogP contribution in [-0.2, 0) is 11.3 Å². The third kappa shape index (κ3) is 4.98. The summed E-state index contributed by atoms with van der Waals surface area (Å²) in [5.74, 6) is -0.680. The van der Waals surface area contributed by atoms with E-state index in [1.54, 1.807) is 6.92 Å². The highest BCUT2D eigenvalue weighted by Gasteiger charge is 2.19. The molecule has 1 aromatic heterocycles. The van der Waals surface area contributed by atoms with E-state index in [0.717, 1.165) is 0 Å². The number of halogens is 1. The minimum Gasteiger partial charge on any atom is -0.395 e. The molecule has 110 valence electrons. The molecule has 0 unspecified atom stereocenters. The molecule has 1 heterocycles. The van der Waals surface area contributed by atoms with Gasteiger partial charge in [-0.2, -0.15) is 5.10 Å². The van der Waals surface area contributed by atoms with Crippen LogP contribution in [0.2, 0.25) is 0 Å². The number of aromatic nitrogens is 2. The van der Waals surface area contributed by atoms with Gasteiger partial charge in [0, 0.05) is 6.54 Å². The highest BCUT2D eigenvalue weighted by molar-refractivity contribution is 5.75. The molecule has 19 heavy (non-hydrogen) atoms. The van der Waals surface area contributed by atoms with Crippen molar-refractivity contribution in [1.29, 1.82) is 0 Å². The molecule has 2 N–H and O–H groups in total. The molecule has 0 aliphatic rings. The summed E-state index contributed by atoms with van der Waals surface area (Å²) in [5, 5.41) is 15.1. The average Bonchev–Trinajstić information content (AvgIpc) is 2.64. The molecule has 0 spiro atoms. The molecule has 0 aliphatic heterocycles. The minimum absolute atomic E-state index is 0.0295. The first-order valence-electron chi connectivity index (χ1n) is 6.57. The molecule has 1 amide bonds. The Balaban J connectivity index is 0.00000154. The Morgan fingerprint density at radius 3 is 2.53 bits per heavy atom. The normalized spacial score (nSPS) is 10.1. The summed E-state index contributed by atoms with van der Waals surface area (Å²) in [6, 6.07) is 0. The largest absolute Gasteiger partial charge is 0.395 e. The Hall–Kier alpha value is -1.43. The number of rotatable bonds is 5. The molecule has 0 fully saturated rings. The van der Waals surface area contributed by atoms with Crippen LogP contribution in [0, 0.1) is 12.7 Å². The zero-order valence-corrected chi connectivity index (χ0v) is 12.3. The lowest BCUT2D eigenvalue weighted by molar-refractivity contribution is -0.122. The van der Waals surface area contributed by atoms with E-state index in [1.165, 1.54) is 4.68 Å². The third-order valence-corrected chi connectivity index (χ3v) is 2.37. The number of aliphatic hydroxyl groups is 1. The van der Waals surface area contributed by atoms with Crippen molar-refractivity contribution in [2.45, 2.75) is 47.1 Å². The molecule has 0 bridgehead atoms. The van der Waals surface area contributed by atoms with Gasteiger partial charge in [0.15, 0.2) is 5.82 Å². The summed E-state index contributed by atoms with van der Waals surface area (Å²) in [7, 11) is 0. The van der Waals surface area contributed by atoms with Gasteiger partial charge in [0.1, 0.15) is 6.54 Å². The predicted octanol–water partition coefficient (Wildman–Crippen LogP) is 1.59. The van der Waals surface area contributed by atoms with Crippen LogP contribution in [0.4, 0.5) is 4.39 Å². The van der Waals surface area contributed by atoms with Gasteiger partial charge >= 0.3 is 0 Å². The van der Waals surface area contributed by atoms with Crippen molar-refractivity contribution in [1.82, 2.24) is 15.1 Å². The zero-order chi connectivity index (χ0) is 15.0. The maximum Gasteiger partial charge on any atom is 0.241 e. The van der Waals surface area contributed by atoms with Gasteiger partial charge in [0.2, 0.25) is 5.91 Å². The van der Waals surface area contributed by atoms with Crippen LogP contribution >= 0.6 is 0 Å². The summed E-state index contributed by atoms with van der Waals surface area (Å²) in [5.41, 5.74) is 0.727. The molecule has 0 radical (unpaired) electrons. The maximum absolute atomic E-state index is 13.7. The summed E-state index contributed by atoms with van der Waals surface area (Å²) in [6.07, 6.45) is 0. The summed E-state index contributed by atoms with van der Waals surface area (Å²) in [4.78, 5) is 11.5. The molecule has 5 nitrogen and oxygen atoms in total. The van der Waals surface area contributed by atoms with Crippen LogP contribution in [0.15, 0.2) is 0 Å². The van der Waals surface area contributed by atoms with Crippen molar-refractivity contribution in [3.63, 3.8) is 0 Å². The van der Waals surface area contributed by atoms with E-state index in [9.17, 15) is 9.18 Å². The lowest BCUT2D eigenvalue weighted by Gasteiger charge is -2.10. The van der Waals surface area contributed by atoms with Gasteiger partial charge in [0.05, 0.1) is 18.0 Å². The van der Waals surface area contributed by atoms with Crippen LogP contribution in [0.3, 0.4) is 0 Å². The molecule has 0 aliphatic carbocycles. The maximum atomic E-state index is 13.7. The van der Waals surface area contributed by atoms with Crippen molar-refractivity contribution in [3.8, 4) is 0 Å². The second kappa shape index (κ2) is 8.63. The van der Waals surface area contributed by atoms with Gasteiger partial charge in [-0.05, 0) is 12.8 Å². The highest BCUT2D eigenvalue weighted by Crippen LogP contribution is 2.20. The van der Waals surface area contributed by atoms with Gasteiger partial charge in [-0.1, -0.05) is 27.7 Å². The fourth-order valence-electron chi connectivity index (χ4n) is 1.64. The van der Waals surface area contributed by atoms with E-state index >= 15 is 0 Å². The van der Waals surface area contributed by atoms with E-state index in [0.29, 0.717) is 11.4 Å². The van der Waals surface area contributed by atoms with Crippen molar-refractivity contribution in [3.05, 3.63) is 17.2 Å². The molecular weight excluding hydrogens is 249 g/mol. The topological polar surface area (TPSA) is 67.2 Å². The number of amides is 1. The number of aryl methyl sites for hydroxylation is 1. The van der Waals surface area contributed by atoms with E-state index < -0.39 is 0 Å². The average molecular weight is 273 g/mol. The number of carbonyl (C=O) groups excluding carboxylic acids is 1. The van der Waals surface area contributed by atoms with E-state index in [4.69, 9.17) is 5.11 Å². The predicted molar refractivity (Wildman–Crippen MR) is 72.5 cm³/mol. The second-order valence-electron chi connectivity index (χ2n) is 4.17. The monoisotopic (exact) mass is 273 g/mol. The minimum atomic E-state index is -0.352. The van der Waals surface area contributed by atoms with Gasteiger partial charge in [-0.15, -0.1) is 0 Å². The van der Waals surface area contributed by atoms with Crippen molar-refractivity contribution >= 4 is 5.91 Å². The second-order valence-corrected chi connectivity index (χ2v) is 4.17. The Bertz CT molecular complexity index is 403. The van der Waals surface area contributed by atoms with Gasteiger partial charge in [0.25, 0.3) is 0 Å². The van der Waals surface area contributed by atoms with E-state index in [2.05, 4.69) is 10.4 Å². The van der Waals surface area contributed by atoms with Crippen LogP contribution in [0.5, 0.6) is 0 Å². The highest BCUT2D eigenvalue weighted by atomic mass is 19.1. The van der Waals surface area contributed by atoms with E-state index in [-0.39, 0.29) is 37.3 Å². The van der Waals surface area contributed by atoms with Gasteiger partial charge in [-0.3, -0.25) is 9.48 Å². The van der Waals surface area contributed by atoms with Crippen LogP contribution < -0.4 is 5.32 Å². The quantitative estimate of drug-likeness (QED) is 0.856. The molecule has 1 rings (SSSR count). The van der Waals surface area contributed by atoms with Crippen LogP contribution in [0.25, 0.3) is 0 Å². The van der Waals surface area contributed by atoms with Crippen LogP contribution in [-0.4, -0.2) is 33.9 Å². The first kappa shape index (κ1) is 17.6. The Kier molecular flexibility index (Phi) is 7.98. The molecule has 0 aromatic carbocycles. The standard InChI is InChI=1S/C11H18FN3O2.C2H6/c1-7(2)11-10(12)8(3)14-15(11)6-9(17)13-4-5-16;1-2/h7,16H,4-6H2,1-3H3,(H,13,17);1-2H3. The number of carbonyl (C=O) groups is 1. The van der Waals surface area contributed by atoms with Crippen LogP contribution in [0.1, 0.15) is 45.0 Å². The van der Waals surface area contributed by atoms with Crippen molar-refractivity contribution in [2.24, 2.45) is 0 Å². The number of hydrogen-bond acceptors (Lipinski definition) is 3. The summed E-state index contributed by atoms with van der Waals surface area (Å²) >= 11 is 0. The Morgan fingerprint density at radius 2 is 2.05 bits per heavy atom. The number of hydrogen-bond donors (Lipinski definition) is 2. The zero-order valence-electron chi connectivity index (χ0n) is 12.3. The molecular formula is C13H24FN3O2. The van der Waals surface area contributed by atoms with Gasteiger partial charge < -0.3 is 10.4 Å². The molecule has 0 saturated carbocycles. The van der Waals surface area contributed by atoms with Crippen molar-refractivity contribution < 1.29 is 14.3 Å². The van der Waals surface area contributed by atoms with Gasteiger partial charge in [-0.25, -0.2) is 4.39 Å². The smallest absolute Gasteiger partial charge is 0.241 e. The number of aliphatic hydroxyl groups excluding tert-OH is 1. The first-order valence-corrected chi connectivity index (χ1v) is 6.57.